The lowest BCUT2D eigenvalue weighted by molar-refractivity contribution is 0.661. The first-order chi connectivity index (χ1) is 21.1. The maximum atomic E-state index is 4.89. The third-order valence-electron chi connectivity index (χ3n) is 8.46. The molecule has 3 heterocycles. The SMILES string of the molecule is CC1(C)c2cc(-c3nc(-c4ccccn4)nc(-c4ccccn4)n3)ccc2-c2ccc(-c3cccc4ccccc34)cc21. The highest BCUT2D eigenvalue weighted by atomic mass is 15.1. The van der Waals surface area contributed by atoms with Crippen LogP contribution < -0.4 is 0 Å². The number of rotatable bonds is 4. The summed E-state index contributed by atoms with van der Waals surface area (Å²) in [5, 5.41) is 2.52. The van der Waals surface area contributed by atoms with Crippen molar-refractivity contribution in [1.29, 1.82) is 0 Å². The Morgan fingerprint density at radius 1 is 0.465 bits per heavy atom. The quantitative estimate of drug-likeness (QED) is 0.218. The van der Waals surface area contributed by atoms with E-state index in [1.54, 1.807) is 12.4 Å². The van der Waals surface area contributed by atoms with Gasteiger partial charge in [-0.3, -0.25) is 9.97 Å². The average molecular weight is 554 g/mol. The lowest BCUT2D eigenvalue weighted by Gasteiger charge is -2.22. The van der Waals surface area contributed by atoms with Gasteiger partial charge in [0.1, 0.15) is 11.4 Å². The van der Waals surface area contributed by atoms with Crippen molar-refractivity contribution in [3.63, 3.8) is 0 Å². The van der Waals surface area contributed by atoms with Crippen LogP contribution in [-0.4, -0.2) is 24.9 Å². The van der Waals surface area contributed by atoms with Crippen molar-refractivity contribution >= 4 is 10.8 Å². The Kier molecular flexibility index (Phi) is 5.73. The molecule has 43 heavy (non-hydrogen) atoms. The van der Waals surface area contributed by atoms with Gasteiger partial charge >= 0.3 is 0 Å². The van der Waals surface area contributed by atoms with Crippen LogP contribution in [0.15, 0.2) is 128 Å². The van der Waals surface area contributed by atoms with E-state index < -0.39 is 0 Å². The first-order valence-electron chi connectivity index (χ1n) is 14.4. The van der Waals surface area contributed by atoms with Crippen molar-refractivity contribution in [3.05, 3.63) is 139 Å². The molecular formula is C38H27N5. The van der Waals surface area contributed by atoms with Crippen molar-refractivity contribution in [2.24, 2.45) is 0 Å². The van der Waals surface area contributed by atoms with Gasteiger partial charge in [-0.25, -0.2) is 15.0 Å². The number of aromatic nitrogens is 5. The number of fused-ring (bicyclic) bond motifs is 4. The zero-order valence-electron chi connectivity index (χ0n) is 23.9. The maximum Gasteiger partial charge on any atom is 0.182 e. The Bertz CT molecular complexity index is 2090. The lowest BCUT2D eigenvalue weighted by Crippen LogP contribution is -2.15. The van der Waals surface area contributed by atoms with E-state index in [0.717, 1.165) is 5.56 Å². The van der Waals surface area contributed by atoms with Gasteiger partial charge < -0.3 is 0 Å². The van der Waals surface area contributed by atoms with Gasteiger partial charge in [-0.1, -0.05) is 92.7 Å². The largest absolute Gasteiger partial charge is 0.253 e. The monoisotopic (exact) mass is 553 g/mol. The fraction of sp³-hybridized carbons (Fsp3) is 0.0789. The van der Waals surface area contributed by atoms with Gasteiger partial charge in [0.25, 0.3) is 0 Å². The molecule has 5 nitrogen and oxygen atoms in total. The van der Waals surface area contributed by atoms with E-state index in [2.05, 4.69) is 103 Å². The number of hydrogen-bond donors (Lipinski definition) is 0. The van der Waals surface area contributed by atoms with Crippen LogP contribution in [0.3, 0.4) is 0 Å². The topological polar surface area (TPSA) is 64.5 Å². The van der Waals surface area contributed by atoms with Crippen LogP contribution in [0.25, 0.3) is 67.5 Å². The van der Waals surface area contributed by atoms with Crippen LogP contribution >= 0.6 is 0 Å². The number of benzene rings is 4. The third kappa shape index (κ3) is 4.20. The Morgan fingerprint density at radius 3 is 1.67 bits per heavy atom. The average Bonchev–Trinajstić information content (AvgIpc) is 3.30. The van der Waals surface area contributed by atoms with Crippen molar-refractivity contribution in [2.75, 3.05) is 0 Å². The summed E-state index contributed by atoms with van der Waals surface area (Å²) >= 11 is 0. The third-order valence-corrected chi connectivity index (χ3v) is 8.46. The zero-order chi connectivity index (χ0) is 29.0. The van der Waals surface area contributed by atoms with E-state index in [9.17, 15) is 0 Å². The zero-order valence-corrected chi connectivity index (χ0v) is 23.9. The Morgan fingerprint density at radius 2 is 1.02 bits per heavy atom. The highest BCUT2D eigenvalue weighted by molar-refractivity contribution is 5.97. The predicted molar refractivity (Wildman–Crippen MR) is 172 cm³/mol. The highest BCUT2D eigenvalue weighted by Gasteiger charge is 2.36. The van der Waals surface area contributed by atoms with Crippen molar-refractivity contribution in [1.82, 2.24) is 24.9 Å². The lowest BCUT2D eigenvalue weighted by atomic mass is 9.81. The summed E-state index contributed by atoms with van der Waals surface area (Å²) < 4.78 is 0. The Balaban J connectivity index is 1.25. The molecule has 5 heteroatoms. The molecule has 204 valence electrons. The number of hydrogen-bond acceptors (Lipinski definition) is 5. The molecule has 0 aliphatic heterocycles. The van der Waals surface area contributed by atoms with E-state index in [0.29, 0.717) is 28.9 Å². The molecule has 0 fully saturated rings. The fourth-order valence-corrected chi connectivity index (χ4v) is 6.25. The summed E-state index contributed by atoms with van der Waals surface area (Å²) in [6.07, 6.45) is 3.50. The molecule has 8 rings (SSSR count). The summed E-state index contributed by atoms with van der Waals surface area (Å²) in [6, 6.07) is 40.1. The van der Waals surface area contributed by atoms with Gasteiger partial charge in [-0.05, 0) is 80.6 Å². The molecule has 0 atom stereocenters. The minimum Gasteiger partial charge on any atom is -0.253 e. The minimum absolute atomic E-state index is 0.206. The normalized spacial score (nSPS) is 13.1. The molecule has 1 aliphatic rings. The van der Waals surface area contributed by atoms with Crippen LogP contribution in [0.5, 0.6) is 0 Å². The molecule has 4 aromatic carbocycles. The van der Waals surface area contributed by atoms with Crippen LogP contribution in [0, 0.1) is 0 Å². The molecule has 0 saturated carbocycles. The maximum absolute atomic E-state index is 4.89. The fourth-order valence-electron chi connectivity index (χ4n) is 6.25. The summed E-state index contributed by atoms with van der Waals surface area (Å²) in [6.45, 7) is 4.61. The molecule has 0 bridgehead atoms. The van der Waals surface area contributed by atoms with E-state index in [4.69, 9.17) is 15.0 Å². The van der Waals surface area contributed by atoms with Crippen molar-refractivity contribution in [2.45, 2.75) is 19.3 Å². The van der Waals surface area contributed by atoms with E-state index in [1.807, 2.05) is 36.4 Å². The molecule has 0 N–H and O–H groups in total. The predicted octanol–water partition coefficient (Wildman–Crippen LogP) is 8.79. The summed E-state index contributed by atoms with van der Waals surface area (Å²) in [7, 11) is 0. The van der Waals surface area contributed by atoms with Crippen LogP contribution in [-0.2, 0) is 5.41 Å². The number of nitrogens with zero attached hydrogens (tertiary/aromatic N) is 5. The first-order valence-corrected chi connectivity index (χ1v) is 14.4. The number of pyridine rings is 2. The highest BCUT2D eigenvalue weighted by Crippen LogP contribution is 2.50. The molecular weight excluding hydrogens is 526 g/mol. The van der Waals surface area contributed by atoms with Crippen molar-refractivity contribution < 1.29 is 0 Å². The minimum atomic E-state index is -0.206. The van der Waals surface area contributed by atoms with Gasteiger partial charge in [0.15, 0.2) is 17.5 Å². The standard InChI is InChI=1S/C38H27N5/c1-38(2)31-22-25(28-13-9-11-24-10-3-4-12-27(24)28)16-18-29(31)30-19-17-26(23-32(30)38)35-41-36(33-14-5-7-20-39-33)43-37(42-35)34-15-6-8-21-40-34/h3-23H,1-2H3. The molecule has 0 unspecified atom stereocenters. The molecule has 0 amide bonds. The van der Waals surface area contributed by atoms with Crippen LogP contribution in [0.1, 0.15) is 25.0 Å². The molecule has 1 aliphatic carbocycles. The summed E-state index contributed by atoms with van der Waals surface area (Å²) in [5.74, 6) is 1.64. The molecule has 0 radical (unpaired) electrons. The second-order valence-corrected chi connectivity index (χ2v) is 11.4. The smallest absolute Gasteiger partial charge is 0.182 e. The van der Waals surface area contributed by atoms with E-state index >= 15 is 0 Å². The van der Waals surface area contributed by atoms with Gasteiger partial charge in [0, 0.05) is 23.4 Å². The van der Waals surface area contributed by atoms with Gasteiger partial charge in [0.05, 0.1) is 0 Å². The molecule has 7 aromatic rings. The first kappa shape index (κ1) is 25.2. The summed E-state index contributed by atoms with van der Waals surface area (Å²) in [5.41, 5.74) is 9.70. The second kappa shape index (κ2) is 9.78. The molecule has 0 saturated heterocycles. The Labute approximate surface area is 250 Å². The van der Waals surface area contributed by atoms with Gasteiger partial charge in [-0.2, -0.15) is 0 Å². The van der Waals surface area contributed by atoms with Gasteiger partial charge in [-0.15, -0.1) is 0 Å². The van der Waals surface area contributed by atoms with E-state index in [1.165, 1.54) is 44.2 Å². The van der Waals surface area contributed by atoms with Crippen LogP contribution in [0.4, 0.5) is 0 Å². The van der Waals surface area contributed by atoms with Crippen LogP contribution in [0.2, 0.25) is 0 Å². The second-order valence-electron chi connectivity index (χ2n) is 11.4. The van der Waals surface area contributed by atoms with Crippen molar-refractivity contribution in [3.8, 4) is 56.7 Å². The molecule has 0 spiro atoms. The van der Waals surface area contributed by atoms with E-state index in [-0.39, 0.29) is 5.41 Å². The van der Waals surface area contributed by atoms with Gasteiger partial charge in [0.2, 0.25) is 0 Å². The Hall–Kier alpha value is -5.55. The summed E-state index contributed by atoms with van der Waals surface area (Å²) in [4.78, 5) is 23.5. The molecule has 3 aromatic heterocycles.